The molecule has 0 aromatic heterocycles. The van der Waals surface area contributed by atoms with E-state index in [1.165, 1.54) is 18.2 Å². The molecule has 0 radical (unpaired) electrons. The first-order valence-electron chi connectivity index (χ1n) is 7.10. The van der Waals surface area contributed by atoms with Gasteiger partial charge in [-0.05, 0) is 52.2 Å². The zero-order valence-electron chi connectivity index (χ0n) is 12.6. The van der Waals surface area contributed by atoms with E-state index in [1.54, 1.807) is 19.1 Å². The molecule has 5 heteroatoms. The van der Waals surface area contributed by atoms with E-state index in [1.807, 2.05) is 24.3 Å². The molecule has 0 atom stereocenters. The Kier molecular flexibility index (Phi) is 6.35. The molecule has 2 rings (SSSR count). The van der Waals surface area contributed by atoms with Crippen molar-refractivity contribution in [1.29, 1.82) is 0 Å². The molecule has 0 fully saturated rings. The highest BCUT2D eigenvalue weighted by Crippen LogP contribution is 2.26. The van der Waals surface area contributed by atoms with Gasteiger partial charge in [0.2, 0.25) is 0 Å². The maximum atomic E-state index is 13.3. The van der Waals surface area contributed by atoms with Crippen LogP contribution in [0.5, 0.6) is 5.75 Å². The molecule has 23 heavy (non-hydrogen) atoms. The Balaban J connectivity index is 2.11. The van der Waals surface area contributed by atoms with Gasteiger partial charge in [-0.1, -0.05) is 24.3 Å². The molecule has 0 heterocycles. The summed E-state index contributed by atoms with van der Waals surface area (Å²) in [6.45, 7) is 2.34. The van der Waals surface area contributed by atoms with Crippen molar-refractivity contribution in [3.05, 3.63) is 70.0 Å². The lowest BCUT2D eigenvalue weighted by Crippen LogP contribution is -2.00. The highest BCUT2D eigenvalue weighted by atomic mass is 79.9. The predicted octanol–water partition coefficient (Wildman–Crippen LogP) is 4.74. The third-order valence-electron chi connectivity index (χ3n) is 3.02. The lowest BCUT2D eigenvalue weighted by atomic mass is 10.1. The van der Waals surface area contributed by atoms with Crippen molar-refractivity contribution in [2.45, 2.75) is 13.5 Å². The van der Waals surface area contributed by atoms with Crippen molar-refractivity contribution in [2.75, 3.05) is 6.61 Å². The lowest BCUT2D eigenvalue weighted by molar-refractivity contribution is -0.137. The predicted molar refractivity (Wildman–Crippen MR) is 90.5 cm³/mol. The molecule has 2 aromatic carbocycles. The van der Waals surface area contributed by atoms with Gasteiger partial charge < -0.3 is 9.47 Å². The van der Waals surface area contributed by atoms with Crippen LogP contribution in [0.25, 0.3) is 6.08 Å². The second-order valence-corrected chi connectivity index (χ2v) is 5.50. The topological polar surface area (TPSA) is 35.5 Å². The molecule has 120 valence electrons. The summed E-state index contributed by atoms with van der Waals surface area (Å²) in [5.41, 5.74) is 1.72. The Hall–Kier alpha value is -2.14. The van der Waals surface area contributed by atoms with Crippen molar-refractivity contribution in [2.24, 2.45) is 0 Å². The van der Waals surface area contributed by atoms with Gasteiger partial charge >= 0.3 is 5.97 Å². The molecule has 0 saturated heterocycles. The SMILES string of the molecule is CCOC(=O)C=Cc1ccccc1COc1cc(F)ccc1Br. The number of benzene rings is 2. The molecule has 0 aliphatic rings. The zero-order chi connectivity index (χ0) is 16.7. The summed E-state index contributed by atoms with van der Waals surface area (Å²) in [5, 5.41) is 0. The summed E-state index contributed by atoms with van der Waals surface area (Å²) in [6.07, 6.45) is 3.05. The third kappa shape index (κ3) is 5.21. The molecule has 0 aliphatic carbocycles. The molecule has 0 aliphatic heterocycles. The van der Waals surface area contributed by atoms with Gasteiger partial charge in [0.15, 0.2) is 0 Å². The first kappa shape index (κ1) is 17.2. The fourth-order valence-corrected chi connectivity index (χ4v) is 2.28. The Labute approximate surface area is 142 Å². The Morgan fingerprint density at radius 1 is 1.26 bits per heavy atom. The van der Waals surface area contributed by atoms with Crippen LogP contribution in [0.2, 0.25) is 0 Å². The van der Waals surface area contributed by atoms with Crippen LogP contribution in [-0.4, -0.2) is 12.6 Å². The average Bonchev–Trinajstić information content (AvgIpc) is 2.55. The quantitative estimate of drug-likeness (QED) is 0.537. The van der Waals surface area contributed by atoms with Gasteiger partial charge in [0, 0.05) is 12.1 Å². The number of carbonyl (C=O) groups is 1. The highest BCUT2D eigenvalue weighted by Gasteiger charge is 2.06. The number of ether oxygens (including phenoxy) is 2. The minimum absolute atomic E-state index is 0.255. The number of carbonyl (C=O) groups excluding carboxylic acids is 1. The fraction of sp³-hybridized carbons (Fsp3) is 0.167. The van der Waals surface area contributed by atoms with Crippen LogP contribution in [0.4, 0.5) is 4.39 Å². The Morgan fingerprint density at radius 3 is 2.83 bits per heavy atom. The van der Waals surface area contributed by atoms with E-state index in [9.17, 15) is 9.18 Å². The standard InChI is InChI=1S/C18H16BrFO3/c1-2-22-18(21)10-7-13-5-3-4-6-14(13)12-23-17-11-15(20)8-9-16(17)19/h3-11H,2,12H2,1H3. The van der Waals surface area contributed by atoms with Gasteiger partial charge in [0.25, 0.3) is 0 Å². The Morgan fingerprint density at radius 2 is 2.04 bits per heavy atom. The van der Waals surface area contributed by atoms with Crippen LogP contribution < -0.4 is 4.74 Å². The molecule has 0 amide bonds. The summed E-state index contributed by atoms with van der Waals surface area (Å²) in [5.74, 6) is -0.330. The third-order valence-corrected chi connectivity index (χ3v) is 3.67. The van der Waals surface area contributed by atoms with E-state index in [2.05, 4.69) is 15.9 Å². The number of hydrogen-bond donors (Lipinski definition) is 0. The second kappa shape index (κ2) is 8.48. The largest absolute Gasteiger partial charge is 0.488 e. The molecule has 0 N–H and O–H groups in total. The van der Waals surface area contributed by atoms with Gasteiger partial charge in [-0.25, -0.2) is 9.18 Å². The van der Waals surface area contributed by atoms with Gasteiger partial charge in [-0.2, -0.15) is 0 Å². The first-order chi connectivity index (χ1) is 11.1. The highest BCUT2D eigenvalue weighted by molar-refractivity contribution is 9.10. The Bertz CT molecular complexity index is 713. The van der Waals surface area contributed by atoms with E-state index >= 15 is 0 Å². The van der Waals surface area contributed by atoms with Crippen LogP contribution >= 0.6 is 15.9 Å². The van der Waals surface area contributed by atoms with Crippen molar-refractivity contribution < 1.29 is 18.7 Å². The molecule has 3 nitrogen and oxygen atoms in total. The second-order valence-electron chi connectivity index (χ2n) is 4.65. The number of halogens is 2. The normalized spacial score (nSPS) is 10.7. The summed E-state index contributed by atoms with van der Waals surface area (Å²) in [4.78, 5) is 11.4. The average molecular weight is 379 g/mol. The van der Waals surface area contributed by atoms with Crippen LogP contribution in [0.1, 0.15) is 18.1 Å². The van der Waals surface area contributed by atoms with Crippen molar-refractivity contribution in [3.8, 4) is 5.75 Å². The van der Waals surface area contributed by atoms with Crippen molar-refractivity contribution in [3.63, 3.8) is 0 Å². The monoisotopic (exact) mass is 378 g/mol. The van der Waals surface area contributed by atoms with Crippen LogP contribution in [-0.2, 0) is 16.1 Å². The van der Waals surface area contributed by atoms with E-state index in [0.717, 1.165) is 11.1 Å². The summed E-state index contributed by atoms with van der Waals surface area (Å²) in [7, 11) is 0. The molecular formula is C18H16BrFO3. The smallest absolute Gasteiger partial charge is 0.330 e. The molecular weight excluding hydrogens is 363 g/mol. The van der Waals surface area contributed by atoms with Crippen LogP contribution in [0, 0.1) is 5.82 Å². The fourth-order valence-electron chi connectivity index (χ4n) is 1.92. The van der Waals surface area contributed by atoms with Gasteiger partial charge in [-0.3, -0.25) is 0 Å². The van der Waals surface area contributed by atoms with Crippen molar-refractivity contribution in [1.82, 2.24) is 0 Å². The van der Waals surface area contributed by atoms with Gasteiger partial charge in [0.05, 0.1) is 11.1 Å². The molecule has 0 bridgehead atoms. The van der Waals surface area contributed by atoms with E-state index in [4.69, 9.17) is 9.47 Å². The molecule has 0 saturated carbocycles. The molecule has 0 unspecified atom stereocenters. The minimum atomic E-state index is -0.393. The summed E-state index contributed by atoms with van der Waals surface area (Å²) >= 11 is 3.32. The van der Waals surface area contributed by atoms with E-state index in [0.29, 0.717) is 16.8 Å². The summed E-state index contributed by atoms with van der Waals surface area (Å²) in [6, 6.07) is 11.8. The molecule has 2 aromatic rings. The number of hydrogen-bond acceptors (Lipinski definition) is 3. The maximum absolute atomic E-state index is 13.3. The first-order valence-corrected chi connectivity index (χ1v) is 7.90. The van der Waals surface area contributed by atoms with Crippen LogP contribution in [0.15, 0.2) is 53.0 Å². The zero-order valence-corrected chi connectivity index (χ0v) is 14.2. The van der Waals surface area contributed by atoms with Crippen molar-refractivity contribution >= 4 is 28.0 Å². The summed E-state index contributed by atoms with van der Waals surface area (Å²) < 4.78 is 24.5. The maximum Gasteiger partial charge on any atom is 0.330 e. The number of rotatable bonds is 6. The minimum Gasteiger partial charge on any atom is -0.488 e. The molecule has 0 spiro atoms. The van der Waals surface area contributed by atoms with Gasteiger partial charge in [0.1, 0.15) is 18.2 Å². The van der Waals surface area contributed by atoms with Gasteiger partial charge in [-0.15, -0.1) is 0 Å². The number of esters is 1. The lowest BCUT2D eigenvalue weighted by Gasteiger charge is -2.10. The van der Waals surface area contributed by atoms with E-state index in [-0.39, 0.29) is 12.4 Å². The van der Waals surface area contributed by atoms with Crippen LogP contribution in [0.3, 0.4) is 0 Å². The van der Waals surface area contributed by atoms with E-state index < -0.39 is 5.97 Å².